The van der Waals surface area contributed by atoms with E-state index in [9.17, 15) is 4.79 Å². The second-order valence-electron chi connectivity index (χ2n) is 9.37. The number of fused-ring (bicyclic) bond motifs is 1. The Labute approximate surface area is 212 Å². The SMILES string of the molecule is CCC(Nc1ncnc(N)c1-c1noc(C)n1)c1cc2cccc(-c3cnn(C)c3)c2c(=O)n1C1CC1. The lowest BCUT2D eigenvalue weighted by Crippen LogP contribution is -2.27. The van der Waals surface area contributed by atoms with Crippen LogP contribution in [0.1, 0.15) is 49.9 Å². The molecule has 1 fully saturated rings. The van der Waals surface area contributed by atoms with E-state index in [1.807, 2.05) is 36.0 Å². The first kappa shape index (κ1) is 22.9. The Morgan fingerprint density at radius 3 is 2.78 bits per heavy atom. The summed E-state index contributed by atoms with van der Waals surface area (Å²) in [7, 11) is 1.87. The molecule has 3 N–H and O–H groups in total. The quantitative estimate of drug-likeness (QED) is 0.341. The molecule has 4 heterocycles. The molecule has 6 rings (SSSR count). The molecule has 0 saturated heterocycles. The topological polar surface area (TPSA) is 143 Å². The summed E-state index contributed by atoms with van der Waals surface area (Å²) in [4.78, 5) is 27.0. The van der Waals surface area contributed by atoms with Crippen molar-refractivity contribution >= 4 is 22.4 Å². The van der Waals surface area contributed by atoms with Gasteiger partial charge in [0.05, 0.1) is 17.6 Å². The Hall–Kier alpha value is -4.54. The van der Waals surface area contributed by atoms with Gasteiger partial charge in [-0.15, -0.1) is 0 Å². The Bertz CT molecular complexity index is 1680. The highest BCUT2D eigenvalue weighted by Gasteiger charge is 2.31. The maximum atomic E-state index is 14.1. The average Bonchev–Trinajstić information content (AvgIpc) is 3.48. The number of hydrogen-bond acceptors (Lipinski definition) is 9. The molecule has 0 aliphatic heterocycles. The summed E-state index contributed by atoms with van der Waals surface area (Å²) in [5.41, 5.74) is 9.38. The number of benzene rings is 1. The summed E-state index contributed by atoms with van der Waals surface area (Å²) in [6, 6.07) is 8.00. The lowest BCUT2D eigenvalue weighted by atomic mass is 9.99. The zero-order valence-electron chi connectivity index (χ0n) is 20.8. The van der Waals surface area contributed by atoms with Gasteiger partial charge in [-0.2, -0.15) is 10.1 Å². The van der Waals surface area contributed by atoms with Crippen molar-refractivity contribution in [3.63, 3.8) is 0 Å². The van der Waals surface area contributed by atoms with Crippen molar-refractivity contribution in [1.82, 2.24) is 34.5 Å². The van der Waals surface area contributed by atoms with E-state index in [0.29, 0.717) is 34.9 Å². The summed E-state index contributed by atoms with van der Waals surface area (Å²) in [5.74, 6) is 1.46. The van der Waals surface area contributed by atoms with Crippen LogP contribution in [-0.4, -0.2) is 34.5 Å². The lowest BCUT2D eigenvalue weighted by Gasteiger charge is -2.24. The second-order valence-corrected chi connectivity index (χ2v) is 9.37. The van der Waals surface area contributed by atoms with E-state index in [1.165, 1.54) is 6.33 Å². The van der Waals surface area contributed by atoms with Crippen molar-refractivity contribution in [3.05, 3.63) is 64.9 Å². The van der Waals surface area contributed by atoms with Gasteiger partial charge < -0.3 is 20.1 Å². The summed E-state index contributed by atoms with van der Waals surface area (Å²) in [5, 5.41) is 13.4. The molecule has 4 aromatic heterocycles. The highest BCUT2D eigenvalue weighted by Crippen LogP contribution is 2.39. The van der Waals surface area contributed by atoms with Crippen molar-refractivity contribution in [2.75, 3.05) is 11.1 Å². The Morgan fingerprint density at radius 2 is 2.11 bits per heavy atom. The highest BCUT2D eigenvalue weighted by atomic mass is 16.5. The molecular formula is C26H27N9O2. The molecule has 188 valence electrons. The average molecular weight is 498 g/mol. The van der Waals surface area contributed by atoms with E-state index in [2.05, 4.69) is 43.5 Å². The molecule has 0 amide bonds. The minimum atomic E-state index is -0.221. The first-order valence-corrected chi connectivity index (χ1v) is 12.3. The molecule has 1 aromatic carbocycles. The number of rotatable bonds is 7. The number of aryl methyl sites for hydroxylation is 2. The number of nitrogen functional groups attached to an aromatic ring is 1. The maximum absolute atomic E-state index is 14.1. The maximum Gasteiger partial charge on any atom is 0.259 e. The number of aromatic nitrogens is 7. The van der Waals surface area contributed by atoms with Gasteiger partial charge in [0.1, 0.15) is 23.5 Å². The van der Waals surface area contributed by atoms with Crippen LogP contribution < -0.4 is 16.6 Å². The third-order valence-corrected chi connectivity index (χ3v) is 6.74. The second kappa shape index (κ2) is 8.84. The fraction of sp³-hybridized carbons (Fsp3) is 0.308. The molecule has 1 unspecified atom stereocenters. The first-order valence-electron chi connectivity index (χ1n) is 12.3. The van der Waals surface area contributed by atoms with E-state index in [0.717, 1.165) is 35.0 Å². The predicted molar refractivity (Wildman–Crippen MR) is 140 cm³/mol. The highest BCUT2D eigenvalue weighted by molar-refractivity contribution is 5.96. The van der Waals surface area contributed by atoms with Gasteiger partial charge >= 0.3 is 0 Å². The molecule has 37 heavy (non-hydrogen) atoms. The molecule has 1 saturated carbocycles. The minimum Gasteiger partial charge on any atom is -0.383 e. The van der Waals surface area contributed by atoms with Crippen LogP contribution in [-0.2, 0) is 7.05 Å². The number of anilines is 2. The van der Waals surface area contributed by atoms with Crippen LogP contribution in [0.3, 0.4) is 0 Å². The van der Waals surface area contributed by atoms with Gasteiger partial charge in [0.25, 0.3) is 5.56 Å². The normalized spacial score (nSPS) is 14.2. The van der Waals surface area contributed by atoms with Gasteiger partial charge in [-0.3, -0.25) is 9.48 Å². The van der Waals surface area contributed by atoms with E-state index in [4.69, 9.17) is 10.3 Å². The van der Waals surface area contributed by atoms with Crippen molar-refractivity contribution in [2.24, 2.45) is 7.05 Å². The molecule has 11 nitrogen and oxygen atoms in total. The molecule has 0 spiro atoms. The number of nitrogens with two attached hydrogens (primary N) is 1. The molecule has 0 radical (unpaired) electrons. The van der Waals surface area contributed by atoms with E-state index in [1.54, 1.807) is 17.8 Å². The third-order valence-electron chi connectivity index (χ3n) is 6.74. The molecular weight excluding hydrogens is 470 g/mol. The fourth-order valence-corrected chi connectivity index (χ4v) is 4.85. The van der Waals surface area contributed by atoms with Crippen LogP contribution in [0.5, 0.6) is 0 Å². The minimum absolute atomic E-state index is 0.00548. The predicted octanol–water partition coefficient (Wildman–Crippen LogP) is 4.03. The standard InChI is InChI=1S/C26H27N9O2/c1-4-19(32-24-22(23(27)28-13-29-24)25-31-14(2)37-33-25)20-10-15-6-5-7-18(16-11-30-34(3)12-16)21(15)26(36)35(20)17-8-9-17/h5-7,10-13,17,19H,4,8-9H2,1-3H3,(H3,27,28,29,32). The van der Waals surface area contributed by atoms with Gasteiger partial charge in [-0.1, -0.05) is 30.3 Å². The smallest absolute Gasteiger partial charge is 0.259 e. The summed E-state index contributed by atoms with van der Waals surface area (Å²) in [6.45, 7) is 3.78. The largest absolute Gasteiger partial charge is 0.383 e. The molecule has 0 bridgehead atoms. The Balaban J connectivity index is 1.50. The van der Waals surface area contributed by atoms with Crippen LogP contribution in [0.4, 0.5) is 11.6 Å². The number of nitrogens with zero attached hydrogens (tertiary/aromatic N) is 7. The number of nitrogens with one attached hydrogen (secondary N) is 1. The van der Waals surface area contributed by atoms with Crippen LogP contribution in [0, 0.1) is 6.92 Å². The summed E-state index contributed by atoms with van der Waals surface area (Å²) < 4.78 is 8.86. The van der Waals surface area contributed by atoms with E-state index in [-0.39, 0.29) is 23.5 Å². The van der Waals surface area contributed by atoms with Gasteiger partial charge in [0.15, 0.2) is 0 Å². The van der Waals surface area contributed by atoms with Gasteiger partial charge in [-0.05, 0) is 36.3 Å². The number of hydrogen-bond donors (Lipinski definition) is 2. The van der Waals surface area contributed by atoms with Crippen molar-refractivity contribution < 1.29 is 4.52 Å². The van der Waals surface area contributed by atoms with Crippen LogP contribution >= 0.6 is 0 Å². The third kappa shape index (κ3) is 4.02. The van der Waals surface area contributed by atoms with Crippen molar-refractivity contribution in [2.45, 2.75) is 45.2 Å². The van der Waals surface area contributed by atoms with Crippen LogP contribution in [0.2, 0.25) is 0 Å². The van der Waals surface area contributed by atoms with Gasteiger partial charge in [-0.25, -0.2) is 9.97 Å². The molecule has 1 atom stereocenters. The van der Waals surface area contributed by atoms with Crippen molar-refractivity contribution in [1.29, 1.82) is 0 Å². The fourth-order valence-electron chi connectivity index (χ4n) is 4.85. The first-order chi connectivity index (χ1) is 17.9. The zero-order chi connectivity index (χ0) is 25.7. The van der Waals surface area contributed by atoms with E-state index < -0.39 is 0 Å². The van der Waals surface area contributed by atoms with Gasteiger partial charge in [0, 0.05) is 37.5 Å². The monoisotopic (exact) mass is 497 g/mol. The zero-order valence-corrected chi connectivity index (χ0v) is 20.8. The molecule has 11 heteroatoms. The Kier molecular flexibility index (Phi) is 5.47. The molecule has 1 aliphatic rings. The van der Waals surface area contributed by atoms with Crippen LogP contribution in [0.25, 0.3) is 33.3 Å². The molecule has 1 aliphatic carbocycles. The number of pyridine rings is 1. The van der Waals surface area contributed by atoms with E-state index >= 15 is 0 Å². The summed E-state index contributed by atoms with van der Waals surface area (Å²) in [6.07, 6.45) is 7.76. The Morgan fingerprint density at radius 1 is 1.27 bits per heavy atom. The lowest BCUT2D eigenvalue weighted by molar-refractivity contribution is 0.394. The van der Waals surface area contributed by atoms with Crippen LogP contribution in [0.15, 0.2) is 52.3 Å². The van der Waals surface area contributed by atoms with Crippen molar-refractivity contribution in [3.8, 4) is 22.5 Å². The molecule has 5 aromatic rings. The van der Waals surface area contributed by atoms with Gasteiger partial charge in [0.2, 0.25) is 11.7 Å². The summed E-state index contributed by atoms with van der Waals surface area (Å²) >= 11 is 0.